The lowest BCUT2D eigenvalue weighted by Crippen LogP contribution is -2.17. The van der Waals surface area contributed by atoms with Crippen molar-refractivity contribution in [1.29, 1.82) is 0 Å². The Labute approximate surface area is 119 Å². The van der Waals surface area contributed by atoms with Crippen LogP contribution in [0.2, 0.25) is 0 Å². The van der Waals surface area contributed by atoms with Crippen LogP contribution in [0, 0.1) is 10.1 Å². The molecule has 2 rings (SSSR count). The summed E-state index contributed by atoms with van der Waals surface area (Å²) in [6.07, 6.45) is 0. The fourth-order valence-corrected chi connectivity index (χ4v) is 3.11. The molecule has 1 aromatic carbocycles. The van der Waals surface area contributed by atoms with Gasteiger partial charge in [0.25, 0.3) is 0 Å². The van der Waals surface area contributed by atoms with Crippen LogP contribution in [0.5, 0.6) is 0 Å². The summed E-state index contributed by atoms with van der Waals surface area (Å²) in [5.41, 5.74) is 2.05. The second-order valence-electron chi connectivity index (χ2n) is 4.08. The molecule has 0 amide bonds. The third-order valence-electron chi connectivity index (χ3n) is 2.83. The largest absolute Gasteiger partial charge is 0.378 e. The summed E-state index contributed by atoms with van der Waals surface area (Å²) in [5.74, 6) is -0.00233. The molecule has 0 fully saturated rings. The van der Waals surface area contributed by atoms with Crippen molar-refractivity contribution in [3.8, 4) is 0 Å². The first-order chi connectivity index (χ1) is 9.44. The first kappa shape index (κ1) is 14.7. The van der Waals surface area contributed by atoms with Gasteiger partial charge >= 0.3 is 5.69 Å². The van der Waals surface area contributed by atoms with Crippen LogP contribution in [0.3, 0.4) is 0 Å². The van der Waals surface area contributed by atoms with E-state index in [1.165, 1.54) is 11.3 Å². The van der Waals surface area contributed by atoms with E-state index in [1.54, 1.807) is 24.6 Å². The summed E-state index contributed by atoms with van der Waals surface area (Å²) in [5, 5.41) is 14.0. The molecular weight excluding hydrogens is 302 g/mol. The topological polar surface area (TPSA) is 102 Å². The van der Waals surface area contributed by atoms with Crippen LogP contribution in [0.1, 0.15) is 6.92 Å². The monoisotopic (exact) mass is 315 g/mol. The van der Waals surface area contributed by atoms with Gasteiger partial charge in [-0.3, -0.25) is 10.1 Å². The van der Waals surface area contributed by atoms with Crippen molar-refractivity contribution >= 4 is 42.8 Å². The van der Waals surface area contributed by atoms with E-state index < -0.39 is 14.8 Å². The van der Waals surface area contributed by atoms with Crippen LogP contribution in [0.15, 0.2) is 17.6 Å². The van der Waals surface area contributed by atoms with Crippen molar-refractivity contribution < 1.29 is 13.3 Å². The second kappa shape index (κ2) is 5.71. The standard InChI is InChI=1S/C11H13N3O4S2/c1-2-20(17,18)6-5-12-8-3-4-9-10(13-7-19-9)11(8)14(15)16/h3-4,7,12H,2,5-6H2,1H3. The fraction of sp³-hybridized carbons (Fsp3) is 0.364. The van der Waals surface area contributed by atoms with Crippen LogP contribution in [-0.4, -0.2) is 36.4 Å². The summed E-state index contributed by atoms with van der Waals surface area (Å²) >= 11 is 1.32. The van der Waals surface area contributed by atoms with Crippen molar-refractivity contribution in [2.45, 2.75) is 6.92 Å². The van der Waals surface area contributed by atoms with E-state index in [-0.39, 0.29) is 23.7 Å². The Bertz CT molecular complexity index is 739. The van der Waals surface area contributed by atoms with Crippen molar-refractivity contribution in [2.75, 3.05) is 23.4 Å². The molecule has 0 saturated heterocycles. The number of anilines is 1. The van der Waals surface area contributed by atoms with Gasteiger partial charge in [-0.05, 0) is 12.1 Å². The lowest BCUT2D eigenvalue weighted by molar-refractivity contribution is -0.382. The Kier molecular flexibility index (Phi) is 4.19. The van der Waals surface area contributed by atoms with Gasteiger partial charge in [0, 0.05) is 12.3 Å². The van der Waals surface area contributed by atoms with E-state index in [1.807, 2.05) is 0 Å². The molecule has 0 aliphatic heterocycles. The maximum Gasteiger partial charge on any atom is 0.319 e. The Hall–Kier alpha value is -1.74. The fourth-order valence-electron chi connectivity index (χ4n) is 1.73. The molecule has 108 valence electrons. The number of fused-ring (bicyclic) bond motifs is 1. The quantitative estimate of drug-likeness (QED) is 0.646. The molecule has 9 heteroatoms. The molecule has 2 aromatic rings. The maximum atomic E-state index is 11.4. The Morgan fingerprint density at radius 1 is 1.45 bits per heavy atom. The van der Waals surface area contributed by atoms with Gasteiger partial charge < -0.3 is 5.32 Å². The minimum absolute atomic E-state index is 0.0574. The van der Waals surface area contributed by atoms with Crippen molar-refractivity contribution in [2.24, 2.45) is 0 Å². The van der Waals surface area contributed by atoms with Gasteiger partial charge in [0.05, 0.1) is 20.9 Å². The minimum atomic E-state index is -3.10. The third-order valence-corrected chi connectivity index (χ3v) is 5.33. The van der Waals surface area contributed by atoms with E-state index >= 15 is 0 Å². The molecular formula is C11H13N3O4S2. The van der Waals surface area contributed by atoms with E-state index in [9.17, 15) is 18.5 Å². The number of nitro benzene ring substituents is 1. The number of aromatic nitrogens is 1. The molecule has 1 N–H and O–H groups in total. The van der Waals surface area contributed by atoms with Gasteiger partial charge in [-0.2, -0.15) is 0 Å². The van der Waals surface area contributed by atoms with Gasteiger partial charge in [0.1, 0.15) is 5.69 Å². The van der Waals surface area contributed by atoms with Crippen LogP contribution >= 0.6 is 11.3 Å². The number of thiazole rings is 1. The van der Waals surface area contributed by atoms with Gasteiger partial charge in [0.15, 0.2) is 15.4 Å². The average Bonchev–Trinajstić information content (AvgIpc) is 2.85. The smallest absolute Gasteiger partial charge is 0.319 e. The SMILES string of the molecule is CCS(=O)(=O)CCNc1ccc2scnc2c1[N+](=O)[O-]. The number of rotatable bonds is 6. The Balaban J connectivity index is 2.26. The van der Waals surface area contributed by atoms with Crippen LogP contribution in [-0.2, 0) is 9.84 Å². The molecule has 0 aliphatic rings. The highest BCUT2D eigenvalue weighted by Gasteiger charge is 2.20. The number of nitrogens with zero attached hydrogens (tertiary/aromatic N) is 2. The summed E-state index contributed by atoms with van der Waals surface area (Å²) in [4.78, 5) is 14.7. The summed E-state index contributed by atoms with van der Waals surface area (Å²) in [6, 6.07) is 3.31. The maximum absolute atomic E-state index is 11.4. The van der Waals surface area contributed by atoms with Crippen molar-refractivity contribution in [1.82, 2.24) is 4.98 Å². The van der Waals surface area contributed by atoms with Gasteiger partial charge in [-0.25, -0.2) is 13.4 Å². The van der Waals surface area contributed by atoms with Crippen LogP contribution < -0.4 is 5.32 Å². The summed E-state index contributed by atoms with van der Waals surface area (Å²) in [6.45, 7) is 1.70. The third kappa shape index (κ3) is 3.05. The van der Waals surface area contributed by atoms with Crippen molar-refractivity contribution in [3.05, 3.63) is 27.8 Å². The van der Waals surface area contributed by atoms with Crippen LogP contribution in [0.25, 0.3) is 10.2 Å². The predicted octanol–water partition coefficient (Wildman–Crippen LogP) is 2.05. The molecule has 0 bridgehead atoms. The van der Waals surface area contributed by atoms with E-state index in [0.29, 0.717) is 11.2 Å². The molecule has 0 spiro atoms. The van der Waals surface area contributed by atoms with Gasteiger partial charge in [-0.1, -0.05) is 6.92 Å². The first-order valence-corrected chi connectivity index (χ1v) is 8.59. The molecule has 1 heterocycles. The Morgan fingerprint density at radius 3 is 2.85 bits per heavy atom. The zero-order chi connectivity index (χ0) is 14.8. The summed E-state index contributed by atoms with van der Waals surface area (Å²) < 4.78 is 23.5. The summed E-state index contributed by atoms with van der Waals surface area (Å²) in [7, 11) is -3.10. The lowest BCUT2D eigenvalue weighted by atomic mass is 10.2. The predicted molar refractivity (Wildman–Crippen MR) is 79.1 cm³/mol. The number of benzene rings is 1. The number of hydrogen-bond acceptors (Lipinski definition) is 7. The zero-order valence-corrected chi connectivity index (χ0v) is 12.3. The molecule has 1 aromatic heterocycles. The minimum Gasteiger partial charge on any atom is -0.378 e. The van der Waals surface area contributed by atoms with Gasteiger partial charge in [-0.15, -0.1) is 11.3 Å². The molecule has 0 aliphatic carbocycles. The molecule has 20 heavy (non-hydrogen) atoms. The zero-order valence-electron chi connectivity index (χ0n) is 10.7. The number of nitro groups is 1. The molecule has 0 saturated carbocycles. The number of hydrogen-bond donors (Lipinski definition) is 1. The number of nitrogens with one attached hydrogen (secondary N) is 1. The highest BCUT2D eigenvalue weighted by atomic mass is 32.2. The molecule has 0 unspecified atom stereocenters. The van der Waals surface area contributed by atoms with E-state index in [4.69, 9.17) is 0 Å². The second-order valence-corrected chi connectivity index (χ2v) is 7.44. The number of sulfone groups is 1. The average molecular weight is 315 g/mol. The highest BCUT2D eigenvalue weighted by Crippen LogP contribution is 2.34. The molecule has 7 nitrogen and oxygen atoms in total. The van der Waals surface area contributed by atoms with Crippen LogP contribution in [0.4, 0.5) is 11.4 Å². The van der Waals surface area contributed by atoms with Crippen molar-refractivity contribution in [3.63, 3.8) is 0 Å². The lowest BCUT2D eigenvalue weighted by Gasteiger charge is -2.07. The first-order valence-electron chi connectivity index (χ1n) is 5.89. The normalized spacial score (nSPS) is 11.7. The van der Waals surface area contributed by atoms with E-state index in [2.05, 4.69) is 10.3 Å². The van der Waals surface area contributed by atoms with E-state index in [0.717, 1.165) is 4.70 Å². The highest BCUT2D eigenvalue weighted by molar-refractivity contribution is 7.91. The Morgan fingerprint density at radius 2 is 2.20 bits per heavy atom. The molecule has 0 atom stereocenters. The molecule has 0 radical (unpaired) electrons. The van der Waals surface area contributed by atoms with Gasteiger partial charge in [0.2, 0.25) is 0 Å².